The van der Waals surface area contributed by atoms with Crippen LogP contribution in [0.25, 0.3) is 21.0 Å². The van der Waals surface area contributed by atoms with E-state index in [1.165, 1.54) is 16.0 Å². The van der Waals surface area contributed by atoms with E-state index < -0.39 is 11.7 Å². The third kappa shape index (κ3) is 2.50. The molecule has 2 heterocycles. The molecular formula is C16H16N2O3S. The molecule has 6 heteroatoms. The second-order valence-corrected chi connectivity index (χ2v) is 7.17. The normalized spacial score (nSPS) is 12.0. The molecule has 114 valence electrons. The van der Waals surface area contributed by atoms with Crippen molar-refractivity contribution in [3.05, 3.63) is 29.3 Å². The molecule has 2 aromatic heterocycles. The molecule has 5 nitrogen and oxygen atoms in total. The Balaban J connectivity index is 2.14. The van der Waals surface area contributed by atoms with E-state index in [4.69, 9.17) is 4.74 Å². The van der Waals surface area contributed by atoms with Crippen molar-refractivity contribution in [1.82, 2.24) is 9.78 Å². The molecule has 0 radical (unpaired) electrons. The van der Waals surface area contributed by atoms with Crippen molar-refractivity contribution in [3.63, 3.8) is 0 Å². The molecule has 0 bridgehead atoms. The lowest BCUT2D eigenvalue weighted by molar-refractivity contribution is 0.0522. The number of hydrogen-bond donors (Lipinski definition) is 0. The van der Waals surface area contributed by atoms with Crippen LogP contribution in [0.15, 0.2) is 24.4 Å². The van der Waals surface area contributed by atoms with Crippen LogP contribution in [-0.4, -0.2) is 27.3 Å². The van der Waals surface area contributed by atoms with Crippen molar-refractivity contribution in [2.45, 2.75) is 33.3 Å². The number of carbonyl (C=O) groups is 2. The summed E-state index contributed by atoms with van der Waals surface area (Å²) >= 11 is 1.42. The second kappa shape index (κ2) is 4.91. The van der Waals surface area contributed by atoms with E-state index in [1.54, 1.807) is 13.1 Å². The molecule has 3 aromatic rings. The molecule has 0 aliphatic carbocycles. The summed E-state index contributed by atoms with van der Waals surface area (Å²) in [6.07, 6.45) is 1.13. The first-order valence-corrected chi connectivity index (χ1v) is 7.72. The van der Waals surface area contributed by atoms with E-state index in [2.05, 4.69) is 5.10 Å². The van der Waals surface area contributed by atoms with Crippen molar-refractivity contribution in [2.75, 3.05) is 0 Å². The SMILES string of the molecule is CC(=O)c1cc2ccc3c(cnn3C(=O)OC(C)(C)C)c2s1. The van der Waals surface area contributed by atoms with Crippen LogP contribution in [0.2, 0.25) is 0 Å². The Kier molecular flexibility index (Phi) is 3.29. The number of Topliss-reactive ketones (excluding diaryl/α,β-unsaturated/α-hetero) is 1. The topological polar surface area (TPSA) is 61.2 Å². The average molecular weight is 316 g/mol. The van der Waals surface area contributed by atoms with Crippen LogP contribution in [0, 0.1) is 0 Å². The van der Waals surface area contributed by atoms with Gasteiger partial charge < -0.3 is 4.74 Å². The molecule has 3 rings (SSSR count). The summed E-state index contributed by atoms with van der Waals surface area (Å²) in [7, 11) is 0. The standard InChI is InChI=1S/C16H16N2O3S/c1-9(19)13-7-10-5-6-12-11(14(10)22-13)8-17-18(12)15(20)21-16(2,3)4/h5-8H,1-4H3. The van der Waals surface area contributed by atoms with Gasteiger partial charge in [-0.2, -0.15) is 9.78 Å². The minimum absolute atomic E-state index is 0.0360. The monoisotopic (exact) mass is 316 g/mol. The first-order valence-electron chi connectivity index (χ1n) is 6.91. The Morgan fingerprint density at radius 3 is 2.64 bits per heavy atom. The number of benzene rings is 1. The molecule has 0 saturated heterocycles. The number of nitrogens with zero attached hydrogens (tertiary/aromatic N) is 2. The third-order valence-electron chi connectivity index (χ3n) is 3.15. The molecule has 0 amide bonds. The van der Waals surface area contributed by atoms with Gasteiger partial charge >= 0.3 is 6.09 Å². The quantitative estimate of drug-likeness (QED) is 0.630. The van der Waals surface area contributed by atoms with E-state index in [0.717, 1.165) is 15.5 Å². The summed E-state index contributed by atoms with van der Waals surface area (Å²) in [6, 6.07) is 5.58. The number of carbonyl (C=O) groups excluding carboxylic acids is 2. The molecule has 0 fully saturated rings. The number of aromatic nitrogens is 2. The number of hydrogen-bond acceptors (Lipinski definition) is 5. The third-order valence-corrected chi connectivity index (χ3v) is 4.43. The highest BCUT2D eigenvalue weighted by Gasteiger charge is 2.21. The zero-order valence-corrected chi connectivity index (χ0v) is 13.7. The lowest BCUT2D eigenvalue weighted by Crippen LogP contribution is -2.27. The van der Waals surface area contributed by atoms with Gasteiger partial charge in [-0.05, 0) is 45.2 Å². The molecule has 0 unspecified atom stereocenters. The summed E-state index contributed by atoms with van der Waals surface area (Å²) in [5.41, 5.74) is 0.100. The fourth-order valence-corrected chi connectivity index (χ4v) is 3.29. The van der Waals surface area contributed by atoms with E-state index in [-0.39, 0.29) is 5.78 Å². The van der Waals surface area contributed by atoms with Crippen molar-refractivity contribution in [3.8, 4) is 0 Å². The first-order chi connectivity index (χ1) is 10.3. The Morgan fingerprint density at radius 2 is 2.00 bits per heavy atom. The number of ether oxygens (including phenoxy) is 1. The molecule has 1 aromatic carbocycles. The highest BCUT2D eigenvalue weighted by atomic mass is 32.1. The predicted molar refractivity (Wildman–Crippen MR) is 86.8 cm³/mol. The van der Waals surface area contributed by atoms with Gasteiger partial charge in [0.05, 0.1) is 16.6 Å². The number of thiophene rings is 1. The Hall–Kier alpha value is -2.21. The first kappa shape index (κ1) is 14.7. The van der Waals surface area contributed by atoms with Gasteiger partial charge in [-0.25, -0.2) is 4.79 Å². The maximum absolute atomic E-state index is 12.2. The van der Waals surface area contributed by atoms with E-state index in [9.17, 15) is 9.59 Å². The van der Waals surface area contributed by atoms with Gasteiger partial charge in [0.25, 0.3) is 0 Å². The summed E-state index contributed by atoms with van der Waals surface area (Å²) in [6.45, 7) is 6.99. The molecule has 22 heavy (non-hydrogen) atoms. The van der Waals surface area contributed by atoms with Crippen LogP contribution < -0.4 is 0 Å². The van der Waals surface area contributed by atoms with Gasteiger partial charge in [-0.3, -0.25) is 4.79 Å². The van der Waals surface area contributed by atoms with E-state index in [1.807, 2.05) is 39.0 Å². The predicted octanol–water partition coefficient (Wildman–Crippen LogP) is 4.24. The minimum atomic E-state index is -0.579. The maximum Gasteiger partial charge on any atom is 0.435 e. The highest BCUT2D eigenvalue weighted by molar-refractivity contribution is 7.21. The van der Waals surface area contributed by atoms with Gasteiger partial charge in [0.2, 0.25) is 0 Å². The van der Waals surface area contributed by atoms with Gasteiger partial charge in [0.15, 0.2) is 5.78 Å². The number of fused-ring (bicyclic) bond motifs is 3. The van der Waals surface area contributed by atoms with Crippen LogP contribution in [0.5, 0.6) is 0 Å². The highest BCUT2D eigenvalue weighted by Crippen LogP contribution is 2.33. The Labute approximate surface area is 131 Å². The summed E-state index contributed by atoms with van der Waals surface area (Å²) in [5, 5.41) is 5.97. The fraction of sp³-hybridized carbons (Fsp3) is 0.312. The molecular weight excluding hydrogens is 300 g/mol. The largest absolute Gasteiger partial charge is 0.442 e. The zero-order valence-electron chi connectivity index (χ0n) is 12.8. The Morgan fingerprint density at radius 1 is 1.27 bits per heavy atom. The molecule has 0 aliphatic rings. The smallest absolute Gasteiger partial charge is 0.435 e. The van der Waals surface area contributed by atoms with Crippen molar-refractivity contribution in [1.29, 1.82) is 0 Å². The molecule has 0 saturated carbocycles. The van der Waals surface area contributed by atoms with E-state index >= 15 is 0 Å². The van der Waals surface area contributed by atoms with Crippen molar-refractivity contribution >= 4 is 44.2 Å². The lowest BCUT2D eigenvalue weighted by Gasteiger charge is -2.19. The molecule has 0 spiro atoms. The summed E-state index contributed by atoms with van der Waals surface area (Å²) in [5.74, 6) is 0.0360. The summed E-state index contributed by atoms with van der Waals surface area (Å²) in [4.78, 5) is 24.5. The minimum Gasteiger partial charge on any atom is -0.442 e. The van der Waals surface area contributed by atoms with Gasteiger partial charge in [-0.15, -0.1) is 11.3 Å². The van der Waals surface area contributed by atoms with Crippen LogP contribution in [-0.2, 0) is 4.74 Å². The van der Waals surface area contributed by atoms with Crippen LogP contribution in [0.1, 0.15) is 37.4 Å². The molecule has 0 N–H and O–H groups in total. The second-order valence-electron chi connectivity index (χ2n) is 6.12. The molecule has 0 atom stereocenters. The van der Waals surface area contributed by atoms with E-state index in [0.29, 0.717) is 10.4 Å². The van der Waals surface area contributed by atoms with Crippen molar-refractivity contribution in [2.24, 2.45) is 0 Å². The lowest BCUT2D eigenvalue weighted by atomic mass is 10.2. The van der Waals surface area contributed by atoms with Crippen LogP contribution in [0.4, 0.5) is 4.79 Å². The van der Waals surface area contributed by atoms with Crippen LogP contribution >= 0.6 is 11.3 Å². The average Bonchev–Trinajstić information content (AvgIpc) is 2.99. The van der Waals surface area contributed by atoms with Gasteiger partial charge in [-0.1, -0.05) is 6.07 Å². The zero-order chi connectivity index (χ0) is 16.1. The Bertz CT molecular complexity index is 899. The van der Waals surface area contributed by atoms with Gasteiger partial charge in [0, 0.05) is 10.1 Å². The van der Waals surface area contributed by atoms with Gasteiger partial charge in [0.1, 0.15) is 5.60 Å². The van der Waals surface area contributed by atoms with Crippen molar-refractivity contribution < 1.29 is 14.3 Å². The fourth-order valence-electron chi connectivity index (χ4n) is 2.23. The molecule has 0 aliphatic heterocycles. The van der Waals surface area contributed by atoms with Crippen LogP contribution in [0.3, 0.4) is 0 Å². The number of ketones is 1. The maximum atomic E-state index is 12.2. The summed E-state index contributed by atoms with van der Waals surface area (Å²) < 4.78 is 7.57. The number of rotatable bonds is 1.